The van der Waals surface area contributed by atoms with E-state index in [4.69, 9.17) is 4.74 Å². The van der Waals surface area contributed by atoms with Crippen LogP contribution >= 0.6 is 11.3 Å². The molecule has 2 fully saturated rings. The van der Waals surface area contributed by atoms with Crippen molar-refractivity contribution in [3.05, 3.63) is 23.5 Å². The van der Waals surface area contributed by atoms with Crippen molar-refractivity contribution >= 4 is 17.2 Å². The number of aryl methyl sites for hydroxylation is 1. The molecular formula is C18H24N4O2S. The molecule has 134 valence electrons. The molecule has 0 unspecified atom stereocenters. The first-order chi connectivity index (χ1) is 12.1. The lowest BCUT2D eigenvalue weighted by Crippen LogP contribution is -2.63. The van der Waals surface area contributed by atoms with E-state index in [1.54, 1.807) is 17.1 Å². The van der Waals surface area contributed by atoms with Gasteiger partial charge in [0.2, 0.25) is 0 Å². The lowest BCUT2D eigenvalue weighted by Gasteiger charge is -2.54. The summed E-state index contributed by atoms with van der Waals surface area (Å²) >= 11 is 1.42. The maximum absolute atomic E-state index is 12.7. The molecule has 2 aliphatic rings. The van der Waals surface area contributed by atoms with Crippen molar-refractivity contribution in [2.45, 2.75) is 51.2 Å². The summed E-state index contributed by atoms with van der Waals surface area (Å²) in [5, 5.41) is 8.24. The number of ether oxygens (including phenoxy) is 1. The van der Waals surface area contributed by atoms with Crippen molar-refractivity contribution < 1.29 is 9.53 Å². The van der Waals surface area contributed by atoms with E-state index < -0.39 is 0 Å². The molecule has 2 heterocycles. The van der Waals surface area contributed by atoms with Gasteiger partial charge in [-0.3, -0.25) is 9.48 Å². The molecule has 4 rings (SSSR count). The number of thiazole rings is 1. The van der Waals surface area contributed by atoms with Crippen LogP contribution in [0, 0.1) is 5.41 Å². The third-order valence-electron chi connectivity index (χ3n) is 5.67. The number of aromatic nitrogens is 3. The molecule has 1 spiro atoms. The number of nitrogens with zero attached hydrogens (tertiary/aromatic N) is 3. The van der Waals surface area contributed by atoms with Crippen LogP contribution in [0.3, 0.4) is 0 Å². The van der Waals surface area contributed by atoms with Crippen molar-refractivity contribution in [3.8, 4) is 10.6 Å². The predicted octanol–water partition coefficient (Wildman–Crippen LogP) is 3.01. The summed E-state index contributed by atoms with van der Waals surface area (Å²) in [5.74, 6) is -0.0149. The Morgan fingerprint density at radius 3 is 2.92 bits per heavy atom. The van der Waals surface area contributed by atoms with E-state index in [0.717, 1.165) is 36.4 Å². The highest BCUT2D eigenvalue weighted by Gasteiger charge is 2.57. The first-order valence-electron chi connectivity index (χ1n) is 8.99. The van der Waals surface area contributed by atoms with Gasteiger partial charge in [0, 0.05) is 36.9 Å². The van der Waals surface area contributed by atoms with Crippen LogP contribution in [-0.2, 0) is 11.8 Å². The number of hydrogen-bond acceptors (Lipinski definition) is 5. The molecule has 1 N–H and O–H groups in total. The monoisotopic (exact) mass is 360 g/mol. The maximum Gasteiger partial charge on any atom is 0.263 e. The maximum atomic E-state index is 12.7. The van der Waals surface area contributed by atoms with Gasteiger partial charge < -0.3 is 10.1 Å². The molecule has 2 atom stereocenters. The van der Waals surface area contributed by atoms with E-state index in [0.29, 0.717) is 11.0 Å². The van der Waals surface area contributed by atoms with Crippen molar-refractivity contribution in [3.63, 3.8) is 0 Å². The smallest absolute Gasteiger partial charge is 0.263 e. The lowest BCUT2D eigenvalue weighted by atomic mass is 9.60. The highest BCUT2D eigenvalue weighted by Crippen LogP contribution is 2.54. The SMILES string of the molecule is CCO[C@H]1C[C@@H](NC(=O)c2cnc(-c3cnn(C)c3)s2)C12CCCC2. The van der Waals surface area contributed by atoms with Gasteiger partial charge in [-0.25, -0.2) is 4.98 Å². The van der Waals surface area contributed by atoms with Gasteiger partial charge in [0.05, 0.1) is 18.5 Å². The summed E-state index contributed by atoms with van der Waals surface area (Å²) in [6, 6.07) is 0.225. The number of nitrogens with one attached hydrogen (secondary N) is 1. The molecular weight excluding hydrogens is 336 g/mol. The average molecular weight is 360 g/mol. The Morgan fingerprint density at radius 2 is 2.24 bits per heavy atom. The van der Waals surface area contributed by atoms with Gasteiger partial charge in [-0.2, -0.15) is 5.10 Å². The molecule has 6 nitrogen and oxygen atoms in total. The van der Waals surface area contributed by atoms with Crippen LogP contribution in [0.15, 0.2) is 18.6 Å². The highest BCUT2D eigenvalue weighted by atomic mass is 32.1. The van der Waals surface area contributed by atoms with Gasteiger partial charge in [-0.15, -0.1) is 11.3 Å². The van der Waals surface area contributed by atoms with Crippen molar-refractivity contribution in [2.24, 2.45) is 12.5 Å². The molecule has 2 saturated carbocycles. The molecule has 1 amide bonds. The summed E-state index contributed by atoms with van der Waals surface area (Å²) in [6.07, 6.45) is 11.4. The molecule has 0 radical (unpaired) electrons. The number of carbonyl (C=O) groups is 1. The Labute approximate surface area is 151 Å². The lowest BCUT2D eigenvalue weighted by molar-refractivity contribution is -0.127. The van der Waals surface area contributed by atoms with Crippen LogP contribution in [0.4, 0.5) is 0 Å². The first kappa shape index (κ1) is 16.7. The van der Waals surface area contributed by atoms with Gasteiger partial charge in [0.25, 0.3) is 5.91 Å². The Hall–Kier alpha value is -1.73. The van der Waals surface area contributed by atoms with Crippen LogP contribution in [0.1, 0.15) is 48.7 Å². The summed E-state index contributed by atoms with van der Waals surface area (Å²) < 4.78 is 7.67. The third kappa shape index (κ3) is 2.89. The van der Waals surface area contributed by atoms with E-state index in [2.05, 4.69) is 15.4 Å². The molecule has 0 aromatic carbocycles. The Morgan fingerprint density at radius 1 is 1.44 bits per heavy atom. The van der Waals surface area contributed by atoms with E-state index >= 15 is 0 Å². The van der Waals surface area contributed by atoms with Crippen LogP contribution in [0.25, 0.3) is 10.6 Å². The second-order valence-electron chi connectivity index (χ2n) is 7.08. The average Bonchev–Trinajstić information content (AvgIpc) is 3.33. The number of hydrogen-bond donors (Lipinski definition) is 1. The highest BCUT2D eigenvalue weighted by molar-refractivity contribution is 7.16. The summed E-state index contributed by atoms with van der Waals surface area (Å²) in [7, 11) is 1.87. The zero-order chi connectivity index (χ0) is 17.4. The van der Waals surface area contributed by atoms with E-state index in [1.165, 1.54) is 24.2 Å². The summed E-state index contributed by atoms with van der Waals surface area (Å²) in [4.78, 5) is 17.7. The third-order valence-corrected chi connectivity index (χ3v) is 6.72. The number of carbonyl (C=O) groups excluding carboxylic acids is 1. The number of amides is 1. The quantitative estimate of drug-likeness (QED) is 0.890. The standard InChI is InChI=1S/C18H24N4O2S/c1-3-24-15-8-14(18(15)6-4-5-7-18)21-16(23)13-10-19-17(25-13)12-9-20-22(2)11-12/h9-11,14-15H,3-8H2,1-2H3,(H,21,23)/t14-,15+/m1/s1. The molecule has 2 aromatic rings. The van der Waals surface area contributed by atoms with Crippen LogP contribution in [-0.4, -0.2) is 39.4 Å². The second kappa shape index (κ2) is 6.53. The Balaban J connectivity index is 1.45. The first-order valence-corrected chi connectivity index (χ1v) is 9.81. The fourth-order valence-electron chi connectivity index (χ4n) is 4.36. The molecule has 0 aliphatic heterocycles. The topological polar surface area (TPSA) is 69.0 Å². The minimum Gasteiger partial charge on any atom is -0.378 e. The zero-order valence-corrected chi connectivity index (χ0v) is 15.5. The van der Waals surface area contributed by atoms with Crippen molar-refractivity contribution in [1.82, 2.24) is 20.1 Å². The van der Waals surface area contributed by atoms with Crippen LogP contribution < -0.4 is 5.32 Å². The summed E-state index contributed by atoms with van der Waals surface area (Å²) in [6.45, 7) is 2.79. The second-order valence-corrected chi connectivity index (χ2v) is 8.11. The summed E-state index contributed by atoms with van der Waals surface area (Å²) in [5.41, 5.74) is 1.10. The van der Waals surface area contributed by atoms with Gasteiger partial charge in [-0.05, 0) is 26.2 Å². The van der Waals surface area contributed by atoms with Crippen LogP contribution in [0.5, 0.6) is 0 Å². The predicted molar refractivity (Wildman–Crippen MR) is 96.5 cm³/mol. The number of rotatable bonds is 5. The van der Waals surface area contributed by atoms with Crippen molar-refractivity contribution in [2.75, 3.05) is 6.61 Å². The van der Waals surface area contributed by atoms with Gasteiger partial charge in [-0.1, -0.05) is 12.8 Å². The molecule has 0 bridgehead atoms. The Kier molecular flexibility index (Phi) is 4.37. The molecule has 0 saturated heterocycles. The van der Waals surface area contributed by atoms with E-state index in [1.807, 2.05) is 20.2 Å². The minimum absolute atomic E-state index is 0.0149. The molecule has 2 aromatic heterocycles. The van der Waals surface area contributed by atoms with Crippen molar-refractivity contribution in [1.29, 1.82) is 0 Å². The molecule has 2 aliphatic carbocycles. The van der Waals surface area contributed by atoms with E-state index in [-0.39, 0.29) is 17.4 Å². The Bertz CT molecular complexity index is 763. The fraction of sp³-hybridized carbons (Fsp3) is 0.611. The zero-order valence-electron chi connectivity index (χ0n) is 14.7. The minimum atomic E-state index is -0.0149. The largest absolute Gasteiger partial charge is 0.378 e. The normalized spacial score (nSPS) is 24.4. The van der Waals surface area contributed by atoms with Gasteiger partial charge in [0.1, 0.15) is 9.88 Å². The molecule has 25 heavy (non-hydrogen) atoms. The fourth-order valence-corrected chi connectivity index (χ4v) is 5.16. The molecule has 7 heteroatoms. The van der Waals surface area contributed by atoms with E-state index in [9.17, 15) is 4.79 Å². The van der Waals surface area contributed by atoms with Crippen LogP contribution in [0.2, 0.25) is 0 Å². The van der Waals surface area contributed by atoms with Gasteiger partial charge >= 0.3 is 0 Å². The van der Waals surface area contributed by atoms with Gasteiger partial charge in [0.15, 0.2) is 0 Å².